The molecular formula is C12H14N4Ni. The molecule has 0 atom stereocenters. The molecule has 0 unspecified atom stereocenters. The molecule has 0 amide bonds. The van der Waals surface area contributed by atoms with E-state index in [1.54, 1.807) is 0 Å². The molecule has 0 saturated carbocycles. The quantitative estimate of drug-likeness (QED) is 0.391. The zero-order valence-corrected chi connectivity index (χ0v) is 10.1. The Morgan fingerprint density at radius 1 is 0.588 bits per heavy atom. The number of anilines is 2. The molecule has 0 fully saturated rings. The van der Waals surface area contributed by atoms with Gasteiger partial charge in [-0.15, -0.1) is 0 Å². The smallest absolute Gasteiger partial charge is 0.0485 e. The van der Waals surface area contributed by atoms with E-state index in [0.29, 0.717) is 0 Å². The third-order valence-electron chi connectivity index (χ3n) is 2.44. The average molecular weight is 273 g/mol. The van der Waals surface area contributed by atoms with Crippen molar-refractivity contribution in [3.05, 3.63) is 48.5 Å². The second-order valence-electron chi connectivity index (χ2n) is 3.44. The van der Waals surface area contributed by atoms with Gasteiger partial charge < -0.3 is 10.9 Å². The Bertz CT molecular complexity index is 407. The predicted octanol–water partition coefficient (Wildman–Crippen LogP) is 1.92. The SMILES string of the molecule is NNc1ccc(-c2ccc(NN)cc2)cc1.[Ni]. The molecule has 92 valence electrons. The van der Waals surface area contributed by atoms with Crippen LogP contribution in [-0.2, 0) is 16.5 Å². The Hall–Kier alpha value is -1.55. The number of hydrazine groups is 2. The molecular weight excluding hydrogens is 259 g/mol. The van der Waals surface area contributed by atoms with Crippen LogP contribution in [-0.4, -0.2) is 0 Å². The first-order chi connectivity index (χ1) is 7.83. The van der Waals surface area contributed by atoms with E-state index >= 15 is 0 Å². The summed E-state index contributed by atoms with van der Waals surface area (Å²) in [6.45, 7) is 0. The normalized spacial score (nSPS) is 9.29. The minimum atomic E-state index is 0. The molecule has 2 rings (SSSR count). The third-order valence-corrected chi connectivity index (χ3v) is 2.44. The molecule has 4 nitrogen and oxygen atoms in total. The van der Waals surface area contributed by atoms with Gasteiger partial charge in [-0.25, -0.2) is 0 Å². The zero-order valence-electron chi connectivity index (χ0n) is 9.09. The summed E-state index contributed by atoms with van der Waals surface area (Å²) in [4.78, 5) is 0. The maximum atomic E-state index is 5.30. The fourth-order valence-electron chi connectivity index (χ4n) is 1.52. The first-order valence-corrected chi connectivity index (χ1v) is 4.97. The molecule has 2 aromatic rings. The standard InChI is InChI=1S/C12H14N4.Ni/c13-15-11-5-1-9(2-6-11)10-3-7-12(16-14)8-4-10;/h1-8,15-16H,13-14H2;. The maximum absolute atomic E-state index is 5.30. The predicted molar refractivity (Wildman–Crippen MR) is 67.5 cm³/mol. The molecule has 0 saturated heterocycles. The van der Waals surface area contributed by atoms with Crippen molar-refractivity contribution in [3.8, 4) is 11.1 Å². The van der Waals surface area contributed by atoms with E-state index < -0.39 is 0 Å². The number of rotatable bonds is 3. The van der Waals surface area contributed by atoms with Gasteiger partial charge in [0.15, 0.2) is 0 Å². The van der Waals surface area contributed by atoms with Crippen molar-refractivity contribution in [2.24, 2.45) is 11.7 Å². The van der Waals surface area contributed by atoms with Crippen molar-refractivity contribution >= 4 is 11.4 Å². The fourth-order valence-corrected chi connectivity index (χ4v) is 1.52. The summed E-state index contributed by atoms with van der Waals surface area (Å²) in [6, 6.07) is 15.8. The molecule has 0 bridgehead atoms. The van der Waals surface area contributed by atoms with Crippen LogP contribution in [0.25, 0.3) is 11.1 Å². The van der Waals surface area contributed by atoms with Gasteiger partial charge in [-0.3, -0.25) is 11.7 Å². The molecule has 17 heavy (non-hydrogen) atoms. The van der Waals surface area contributed by atoms with Gasteiger partial charge >= 0.3 is 0 Å². The van der Waals surface area contributed by atoms with Gasteiger partial charge in [0, 0.05) is 27.9 Å². The van der Waals surface area contributed by atoms with Crippen molar-refractivity contribution in [2.75, 3.05) is 10.9 Å². The zero-order chi connectivity index (χ0) is 11.4. The van der Waals surface area contributed by atoms with Gasteiger partial charge in [0.25, 0.3) is 0 Å². The molecule has 0 aliphatic rings. The largest absolute Gasteiger partial charge is 0.324 e. The van der Waals surface area contributed by atoms with Gasteiger partial charge in [-0.05, 0) is 35.4 Å². The van der Waals surface area contributed by atoms with Crippen LogP contribution < -0.4 is 22.5 Å². The van der Waals surface area contributed by atoms with Crippen LogP contribution in [0.2, 0.25) is 0 Å². The summed E-state index contributed by atoms with van der Waals surface area (Å²) in [7, 11) is 0. The van der Waals surface area contributed by atoms with E-state index in [0.717, 1.165) is 22.5 Å². The summed E-state index contributed by atoms with van der Waals surface area (Å²) < 4.78 is 0. The van der Waals surface area contributed by atoms with E-state index in [1.165, 1.54) is 0 Å². The number of hydrogen-bond acceptors (Lipinski definition) is 4. The molecule has 6 N–H and O–H groups in total. The first kappa shape index (κ1) is 13.5. The average Bonchev–Trinajstić information content (AvgIpc) is 2.39. The number of benzene rings is 2. The number of nitrogens with one attached hydrogen (secondary N) is 2. The minimum absolute atomic E-state index is 0. The van der Waals surface area contributed by atoms with E-state index in [9.17, 15) is 0 Å². The van der Waals surface area contributed by atoms with Gasteiger partial charge in [0.05, 0.1) is 0 Å². The minimum Gasteiger partial charge on any atom is -0.324 e. The molecule has 0 radical (unpaired) electrons. The van der Waals surface area contributed by atoms with Gasteiger partial charge in [-0.1, -0.05) is 24.3 Å². The van der Waals surface area contributed by atoms with Gasteiger partial charge in [0.2, 0.25) is 0 Å². The summed E-state index contributed by atoms with van der Waals surface area (Å²) >= 11 is 0. The second kappa shape index (κ2) is 6.25. The van der Waals surface area contributed by atoms with Crippen LogP contribution in [0.5, 0.6) is 0 Å². The van der Waals surface area contributed by atoms with E-state index in [-0.39, 0.29) is 16.5 Å². The van der Waals surface area contributed by atoms with Crippen molar-refractivity contribution in [1.29, 1.82) is 0 Å². The molecule has 0 aliphatic carbocycles. The Labute approximate surface area is 110 Å². The Morgan fingerprint density at radius 3 is 1.12 bits per heavy atom. The van der Waals surface area contributed by atoms with Crippen LogP contribution in [0, 0.1) is 0 Å². The Kier molecular flexibility index (Phi) is 4.97. The summed E-state index contributed by atoms with van der Waals surface area (Å²) in [5.74, 6) is 10.6. The Morgan fingerprint density at radius 2 is 0.882 bits per heavy atom. The van der Waals surface area contributed by atoms with Gasteiger partial charge in [-0.2, -0.15) is 0 Å². The van der Waals surface area contributed by atoms with Crippen molar-refractivity contribution in [3.63, 3.8) is 0 Å². The van der Waals surface area contributed by atoms with E-state index in [4.69, 9.17) is 11.7 Å². The van der Waals surface area contributed by atoms with E-state index in [2.05, 4.69) is 10.9 Å². The van der Waals surface area contributed by atoms with Crippen LogP contribution in [0.3, 0.4) is 0 Å². The molecule has 0 aliphatic heterocycles. The summed E-state index contributed by atoms with van der Waals surface area (Å²) in [5, 5.41) is 0. The monoisotopic (exact) mass is 272 g/mol. The van der Waals surface area contributed by atoms with Crippen LogP contribution in [0.1, 0.15) is 0 Å². The number of nitrogens with two attached hydrogens (primary N) is 2. The molecule has 0 heterocycles. The number of nitrogen functional groups attached to an aromatic ring is 2. The molecule has 5 heteroatoms. The molecule has 2 aromatic carbocycles. The van der Waals surface area contributed by atoms with Crippen molar-refractivity contribution < 1.29 is 16.5 Å². The van der Waals surface area contributed by atoms with E-state index in [1.807, 2.05) is 48.5 Å². The van der Waals surface area contributed by atoms with Gasteiger partial charge in [0.1, 0.15) is 0 Å². The summed E-state index contributed by atoms with van der Waals surface area (Å²) in [5.41, 5.74) is 9.26. The summed E-state index contributed by atoms with van der Waals surface area (Å²) in [6.07, 6.45) is 0. The fraction of sp³-hybridized carbons (Fsp3) is 0. The first-order valence-electron chi connectivity index (χ1n) is 4.97. The molecule has 0 spiro atoms. The number of hydrogen-bond donors (Lipinski definition) is 4. The second-order valence-corrected chi connectivity index (χ2v) is 3.44. The van der Waals surface area contributed by atoms with Crippen LogP contribution in [0.4, 0.5) is 11.4 Å². The molecule has 0 aromatic heterocycles. The van der Waals surface area contributed by atoms with Crippen molar-refractivity contribution in [2.45, 2.75) is 0 Å². The van der Waals surface area contributed by atoms with Crippen LogP contribution in [0.15, 0.2) is 48.5 Å². The maximum Gasteiger partial charge on any atom is 0.0485 e. The third kappa shape index (κ3) is 3.20. The Balaban J connectivity index is 0.00000144. The van der Waals surface area contributed by atoms with Crippen molar-refractivity contribution in [1.82, 2.24) is 0 Å². The topological polar surface area (TPSA) is 76.1 Å². The van der Waals surface area contributed by atoms with Crippen LogP contribution >= 0.6 is 0 Å².